The molecule has 0 unspecified atom stereocenters. The van der Waals surface area contributed by atoms with E-state index < -0.39 is 0 Å². The van der Waals surface area contributed by atoms with E-state index in [9.17, 15) is 4.79 Å². The van der Waals surface area contributed by atoms with Crippen molar-refractivity contribution < 1.29 is 0 Å². The number of halogens is 1. The lowest BCUT2D eigenvalue weighted by atomic mass is 10.1. The van der Waals surface area contributed by atoms with Gasteiger partial charge < -0.3 is 0 Å². The number of rotatable bonds is 6. The van der Waals surface area contributed by atoms with Crippen molar-refractivity contribution in [2.45, 2.75) is 39.2 Å². The van der Waals surface area contributed by atoms with Gasteiger partial charge in [-0.05, 0) is 30.7 Å². The molecule has 0 saturated carbocycles. The van der Waals surface area contributed by atoms with Gasteiger partial charge in [-0.25, -0.2) is 4.98 Å². The van der Waals surface area contributed by atoms with Gasteiger partial charge in [0.15, 0.2) is 0 Å². The molecule has 0 aliphatic rings. The van der Waals surface area contributed by atoms with Crippen molar-refractivity contribution in [3.8, 4) is 11.4 Å². The molecule has 0 aliphatic carbocycles. The lowest BCUT2D eigenvalue weighted by molar-refractivity contribution is 0.572. The smallest absolute Gasteiger partial charge is 0.261 e. The summed E-state index contributed by atoms with van der Waals surface area (Å²) in [5.74, 6) is 0.752. The Morgan fingerprint density at radius 3 is 2.50 bits per heavy atom. The Labute approximate surface area is 150 Å². The molecular formula is C20H21BrN2O. The van der Waals surface area contributed by atoms with Crippen LogP contribution in [0.2, 0.25) is 0 Å². The number of hydrogen-bond donors (Lipinski definition) is 0. The molecule has 124 valence electrons. The minimum absolute atomic E-state index is 0.0509. The monoisotopic (exact) mass is 384 g/mol. The molecular weight excluding hydrogens is 364 g/mol. The fourth-order valence-electron chi connectivity index (χ4n) is 2.89. The summed E-state index contributed by atoms with van der Waals surface area (Å²) in [6, 6.07) is 15.6. The summed E-state index contributed by atoms with van der Waals surface area (Å²) < 4.78 is 2.85. The van der Waals surface area contributed by atoms with E-state index in [0.717, 1.165) is 34.2 Å². The molecule has 2 aromatic carbocycles. The maximum atomic E-state index is 13.0. The van der Waals surface area contributed by atoms with E-state index in [1.807, 2.05) is 53.1 Å². The highest BCUT2D eigenvalue weighted by Gasteiger charge is 2.12. The van der Waals surface area contributed by atoms with Crippen LogP contribution in [0.4, 0.5) is 0 Å². The summed E-state index contributed by atoms with van der Waals surface area (Å²) in [6.07, 6.45) is 4.51. The van der Waals surface area contributed by atoms with Gasteiger partial charge in [0.05, 0.1) is 10.9 Å². The molecule has 0 N–H and O–H groups in total. The molecule has 0 fully saturated rings. The molecule has 0 spiro atoms. The lowest BCUT2D eigenvalue weighted by Gasteiger charge is -2.14. The Kier molecular flexibility index (Phi) is 5.46. The highest BCUT2D eigenvalue weighted by atomic mass is 79.9. The predicted octanol–water partition coefficient (Wildman–Crippen LogP) is 5.41. The molecule has 0 saturated heterocycles. The van der Waals surface area contributed by atoms with Crippen LogP contribution in [0.25, 0.3) is 22.3 Å². The van der Waals surface area contributed by atoms with Crippen LogP contribution in [0.15, 0.2) is 57.8 Å². The zero-order valence-electron chi connectivity index (χ0n) is 13.8. The van der Waals surface area contributed by atoms with Gasteiger partial charge >= 0.3 is 0 Å². The first-order valence-electron chi connectivity index (χ1n) is 8.46. The van der Waals surface area contributed by atoms with Crippen molar-refractivity contribution in [2.24, 2.45) is 0 Å². The Morgan fingerprint density at radius 1 is 1.00 bits per heavy atom. The van der Waals surface area contributed by atoms with E-state index in [1.165, 1.54) is 12.8 Å². The second-order valence-corrected chi connectivity index (χ2v) is 6.89. The summed E-state index contributed by atoms with van der Waals surface area (Å²) in [6.45, 7) is 2.90. The van der Waals surface area contributed by atoms with Gasteiger partial charge in [-0.15, -0.1) is 0 Å². The van der Waals surface area contributed by atoms with Gasteiger partial charge in [0, 0.05) is 16.6 Å². The number of aromatic nitrogens is 2. The summed E-state index contributed by atoms with van der Waals surface area (Å²) in [5, 5.41) is 0.689. The average Bonchev–Trinajstić information content (AvgIpc) is 2.61. The zero-order valence-corrected chi connectivity index (χ0v) is 15.4. The van der Waals surface area contributed by atoms with Crippen molar-refractivity contribution >= 4 is 26.8 Å². The van der Waals surface area contributed by atoms with E-state index in [4.69, 9.17) is 4.98 Å². The third-order valence-electron chi connectivity index (χ3n) is 4.20. The molecule has 24 heavy (non-hydrogen) atoms. The van der Waals surface area contributed by atoms with E-state index in [1.54, 1.807) is 0 Å². The van der Waals surface area contributed by atoms with Gasteiger partial charge in [0.1, 0.15) is 5.82 Å². The van der Waals surface area contributed by atoms with Crippen molar-refractivity contribution in [2.75, 3.05) is 0 Å². The largest absolute Gasteiger partial charge is 0.292 e. The first kappa shape index (κ1) is 16.9. The Hall–Kier alpha value is -1.94. The molecule has 0 amide bonds. The predicted molar refractivity (Wildman–Crippen MR) is 103 cm³/mol. The van der Waals surface area contributed by atoms with Crippen molar-refractivity contribution in [1.29, 1.82) is 0 Å². The molecule has 3 nitrogen and oxygen atoms in total. The van der Waals surface area contributed by atoms with Gasteiger partial charge in [0.2, 0.25) is 0 Å². The van der Waals surface area contributed by atoms with Crippen LogP contribution < -0.4 is 5.56 Å². The van der Waals surface area contributed by atoms with Crippen LogP contribution >= 0.6 is 15.9 Å². The number of hydrogen-bond acceptors (Lipinski definition) is 2. The quantitative estimate of drug-likeness (QED) is 0.532. The molecule has 3 aromatic rings. The molecule has 3 rings (SSSR count). The van der Waals surface area contributed by atoms with E-state index in [-0.39, 0.29) is 5.56 Å². The summed E-state index contributed by atoms with van der Waals surface area (Å²) in [7, 11) is 0. The van der Waals surface area contributed by atoms with Crippen LogP contribution in [0.5, 0.6) is 0 Å². The van der Waals surface area contributed by atoms with Crippen LogP contribution in [0, 0.1) is 0 Å². The fourth-order valence-corrected chi connectivity index (χ4v) is 3.16. The molecule has 1 aromatic heterocycles. The summed E-state index contributed by atoms with van der Waals surface area (Å²) >= 11 is 3.46. The Balaban J connectivity index is 2.10. The number of benzene rings is 2. The Morgan fingerprint density at radius 2 is 1.75 bits per heavy atom. The molecule has 4 heteroatoms. The maximum Gasteiger partial charge on any atom is 0.261 e. The highest BCUT2D eigenvalue weighted by molar-refractivity contribution is 9.10. The SMILES string of the molecule is CCCCCCn1c(-c2ccc(Br)cc2)nc2ccccc2c1=O. The third-order valence-corrected chi connectivity index (χ3v) is 4.73. The molecule has 0 atom stereocenters. The fraction of sp³-hybridized carbons (Fsp3) is 0.300. The summed E-state index contributed by atoms with van der Waals surface area (Å²) in [4.78, 5) is 17.7. The minimum Gasteiger partial charge on any atom is -0.292 e. The Bertz CT molecular complexity index is 884. The maximum absolute atomic E-state index is 13.0. The van der Waals surface area contributed by atoms with Gasteiger partial charge in [-0.1, -0.05) is 66.4 Å². The second-order valence-electron chi connectivity index (χ2n) is 5.98. The van der Waals surface area contributed by atoms with Gasteiger partial charge in [-0.2, -0.15) is 0 Å². The first-order chi connectivity index (χ1) is 11.7. The van der Waals surface area contributed by atoms with Gasteiger partial charge in [-0.3, -0.25) is 9.36 Å². The van der Waals surface area contributed by atoms with E-state index in [2.05, 4.69) is 22.9 Å². The van der Waals surface area contributed by atoms with Gasteiger partial charge in [0.25, 0.3) is 5.56 Å². The highest BCUT2D eigenvalue weighted by Crippen LogP contribution is 2.21. The number of nitrogens with zero attached hydrogens (tertiary/aromatic N) is 2. The minimum atomic E-state index is 0.0509. The van der Waals surface area contributed by atoms with E-state index >= 15 is 0 Å². The average molecular weight is 385 g/mol. The molecule has 1 heterocycles. The number of para-hydroxylation sites is 1. The van der Waals surface area contributed by atoms with E-state index in [0.29, 0.717) is 11.9 Å². The number of fused-ring (bicyclic) bond motifs is 1. The van der Waals surface area contributed by atoms with Crippen molar-refractivity contribution in [1.82, 2.24) is 9.55 Å². The molecule has 0 radical (unpaired) electrons. The standard InChI is InChI=1S/C20H21BrN2O/c1-2-3-4-7-14-23-19(15-10-12-16(21)13-11-15)22-18-9-6-5-8-17(18)20(23)24/h5-6,8-13H,2-4,7,14H2,1H3. The zero-order chi connectivity index (χ0) is 16.9. The topological polar surface area (TPSA) is 34.9 Å². The lowest BCUT2D eigenvalue weighted by Crippen LogP contribution is -2.23. The number of unbranched alkanes of at least 4 members (excludes halogenated alkanes) is 3. The summed E-state index contributed by atoms with van der Waals surface area (Å²) in [5.41, 5.74) is 1.77. The second kappa shape index (κ2) is 7.75. The third kappa shape index (κ3) is 3.59. The molecule has 0 bridgehead atoms. The van der Waals surface area contributed by atoms with Crippen LogP contribution in [0.3, 0.4) is 0 Å². The van der Waals surface area contributed by atoms with Crippen molar-refractivity contribution in [3.05, 3.63) is 63.4 Å². The molecule has 0 aliphatic heterocycles. The van der Waals surface area contributed by atoms with Crippen LogP contribution in [0.1, 0.15) is 32.6 Å². The normalized spacial score (nSPS) is 11.1. The van der Waals surface area contributed by atoms with Crippen molar-refractivity contribution in [3.63, 3.8) is 0 Å². The van der Waals surface area contributed by atoms with Crippen LogP contribution in [-0.2, 0) is 6.54 Å². The first-order valence-corrected chi connectivity index (χ1v) is 9.25. The van der Waals surface area contributed by atoms with Crippen LogP contribution in [-0.4, -0.2) is 9.55 Å².